The summed E-state index contributed by atoms with van der Waals surface area (Å²) in [6.07, 6.45) is 3.93. The third kappa shape index (κ3) is 5.38. The van der Waals surface area contributed by atoms with Crippen molar-refractivity contribution < 1.29 is 14.3 Å². The molecule has 0 saturated carbocycles. The van der Waals surface area contributed by atoms with E-state index in [9.17, 15) is 9.59 Å². The van der Waals surface area contributed by atoms with Gasteiger partial charge in [0.2, 0.25) is 0 Å². The van der Waals surface area contributed by atoms with Crippen molar-refractivity contribution in [2.75, 3.05) is 7.11 Å². The van der Waals surface area contributed by atoms with Gasteiger partial charge in [0.15, 0.2) is 11.6 Å². The molecule has 4 aromatic rings. The summed E-state index contributed by atoms with van der Waals surface area (Å²) in [6, 6.07) is 35.5. The van der Waals surface area contributed by atoms with Crippen LogP contribution in [0, 0.1) is 5.92 Å². The number of carbonyl (C=O) groups is 2. The number of rotatable bonds is 9. The molecule has 0 heterocycles. The van der Waals surface area contributed by atoms with Gasteiger partial charge < -0.3 is 4.74 Å². The highest BCUT2D eigenvalue weighted by Gasteiger charge is 2.35. The van der Waals surface area contributed by atoms with Crippen LogP contribution in [-0.4, -0.2) is 18.7 Å². The average molecular weight is 447 g/mol. The normalized spacial score (nSPS) is 11.9. The smallest absolute Gasteiger partial charge is 0.174 e. The quantitative estimate of drug-likeness (QED) is 0.208. The van der Waals surface area contributed by atoms with Gasteiger partial charge >= 0.3 is 0 Å². The first-order valence-electron chi connectivity index (χ1n) is 11.2. The number of benzene rings is 4. The van der Waals surface area contributed by atoms with E-state index in [0.717, 1.165) is 16.9 Å². The third-order valence-corrected chi connectivity index (χ3v) is 5.84. The molecule has 0 aliphatic heterocycles. The maximum atomic E-state index is 13.8. The molecule has 0 aliphatic rings. The minimum absolute atomic E-state index is 0.201. The van der Waals surface area contributed by atoms with Gasteiger partial charge in [0.1, 0.15) is 5.75 Å². The second-order valence-electron chi connectivity index (χ2n) is 8.01. The zero-order valence-corrected chi connectivity index (χ0v) is 19.0. The molecule has 168 valence electrons. The van der Waals surface area contributed by atoms with E-state index < -0.39 is 11.8 Å². The number of hydrogen-bond acceptors (Lipinski definition) is 3. The molecule has 0 fully saturated rings. The van der Waals surface area contributed by atoms with Crippen molar-refractivity contribution in [2.24, 2.45) is 5.92 Å². The molecule has 0 spiro atoms. The molecular weight excluding hydrogens is 420 g/mol. The molecule has 0 saturated heterocycles. The molecular formula is C31H26O3. The van der Waals surface area contributed by atoms with E-state index in [4.69, 9.17) is 4.74 Å². The van der Waals surface area contributed by atoms with Crippen molar-refractivity contribution in [1.82, 2.24) is 0 Å². The minimum atomic E-state index is -0.918. The average Bonchev–Trinajstić information content (AvgIpc) is 2.92. The zero-order chi connectivity index (χ0) is 23.8. The summed E-state index contributed by atoms with van der Waals surface area (Å²) < 4.78 is 5.32. The highest BCUT2D eigenvalue weighted by Crippen LogP contribution is 2.33. The van der Waals surface area contributed by atoms with Crippen LogP contribution in [-0.2, 0) is 0 Å². The lowest BCUT2D eigenvalue weighted by Gasteiger charge is -2.24. The third-order valence-electron chi connectivity index (χ3n) is 5.84. The Kier molecular flexibility index (Phi) is 7.46. The molecule has 1 unspecified atom stereocenters. The molecule has 4 rings (SSSR count). The summed E-state index contributed by atoms with van der Waals surface area (Å²) in [5.74, 6) is -1.07. The van der Waals surface area contributed by atoms with E-state index in [2.05, 4.69) is 0 Å². The Hall–Kier alpha value is -4.24. The van der Waals surface area contributed by atoms with Gasteiger partial charge in [-0.15, -0.1) is 0 Å². The first kappa shape index (κ1) is 22.9. The van der Waals surface area contributed by atoms with Crippen LogP contribution in [0.4, 0.5) is 0 Å². The maximum absolute atomic E-state index is 13.8. The van der Waals surface area contributed by atoms with Crippen molar-refractivity contribution in [3.63, 3.8) is 0 Å². The fourth-order valence-corrected chi connectivity index (χ4v) is 4.03. The predicted molar refractivity (Wildman–Crippen MR) is 136 cm³/mol. The van der Waals surface area contributed by atoms with E-state index in [1.54, 1.807) is 31.4 Å². The van der Waals surface area contributed by atoms with Gasteiger partial charge in [-0.05, 0) is 23.3 Å². The molecule has 0 amide bonds. The zero-order valence-electron chi connectivity index (χ0n) is 19.0. The van der Waals surface area contributed by atoms with Crippen LogP contribution in [0.15, 0.2) is 121 Å². The molecule has 0 N–H and O–H groups in total. The minimum Gasteiger partial charge on any atom is -0.497 e. The van der Waals surface area contributed by atoms with Crippen LogP contribution in [0.2, 0.25) is 0 Å². The lowest BCUT2D eigenvalue weighted by Crippen LogP contribution is -2.30. The van der Waals surface area contributed by atoms with Crippen LogP contribution < -0.4 is 4.74 Å². The van der Waals surface area contributed by atoms with Crippen LogP contribution >= 0.6 is 0 Å². The van der Waals surface area contributed by atoms with Crippen molar-refractivity contribution in [2.45, 2.75) is 5.92 Å². The Bertz CT molecular complexity index is 1190. The first-order valence-corrected chi connectivity index (χ1v) is 11.2. The van der Waals surface area contributed by atoms with Crippen LogP contribution in [0.25, 0.3) is 6.08 Å². The van der Waals surface area contributed by atoms with Gasteiger partial charge in [-0.2, -0.15) is 0 Å². The van der Waals surface area contributed by atoms with E-state index in [1.165, 1.54) is 0 Å². The molecule has 0 aliphatic carbocycles. The van der Waals surface area contributed by atoms with E-state index in [0.29, 0.717) is 11.1 Å². The van der Waals surface area contributed by atoms with Crippen LogP contribution in [0.5, 0.6) is 5.75 Å². The van der Waals surface area contributed by atoms with Crippen molar-refractivity contribution in [3.05, 3.63) is 144 Å². The number of methoxy groups -OCH3 is 1. The Balaban J connectivity index is 1.84. The van der Waals surface area contributed by atoms with Crippen molar-refractivity contribution >= 4 is 17.6 Å². The summed E-state index contributed by atoms with van der Waals surface area (Å²) in [7, 11) is 1.61. The van der Waals surface area contributed by atoms with Crippen LogP contribution in [0.3, 0.4) is 0 Å². The molecule has 34 heavy (non-hydrogen) atoms. The number of Topliss-reactive ketones (excluding diaryl/α,β-unsaturated/α-hetero) is 2. The first-order chi connectivity index (χ1) is 16.7. The standard InChI is InChI=1S/C31H26O3/c1-34-27-20-18-24(19-21-27)28(22-17-23-11-5-2-6-12-23)29(30(32)25-13-7-3-8-14-25)31(33)26-15-9-4-10-16-26/h2-22,28-29H,1H3/b22-17+. The second-order valence-corrected chi connectivity index (χ2v) is 8.01. The Labute approximate surface area is 200 Å². The fourth-order valence-electron chi connectivity index (χ4n) is 4.03. The summed E-state index contributed by atoms with van der Waals surface area (Å²) in [6.45, 7) is 0. The number of carbonyl (C=O) groups excluding carboxylic acids is 2. The van der Waals surface area contributed by atoms with Gasteiger partial charge in [0, 0.05) is 17.0 Å². The molecule has 0 aromatic heterocycles. The molecule has 3 nitrogen and oxygen atoms in total. The number of hydrogen-bond donors (Lipinski definition) is 0. The van der Waals surface area contributed by atoms with Gasteiger partial charge in [-0.25, -0.2) is 0 Å². The lowest BCUT2D eigenvalue weighted by atomic mass is 9.76. The van der Waals surface area contributed by atoms with Gasteiger partial charge in [-0.1, -0.05) is 115 Å². The molecule has 3 heteroatoms. The van der Waals surface area contributed by atoms with E-state index in [1.807, 2.05) is 103 Å². The number of ether oxygens (including phenoxy) is 1. The predicted octanol–water partition coefficient (Wildman–Crippen LogP) is 6.87. The van der Waals surface area contributed by atoms with Gasteiger partial charge in [0.05, 0.1) is 13.0 Å². The van der Waals surface area contributed by atoms with Crippen molar-refractivity contribution in [3.8, 4) is 5.75 Å². The number of allylic oxidation sites excluding steroid dienone is 1. The summed E-state index contributed by atoms with van der Waals surface area (Å²) in [4.78, 5) is 27.7. The Morgan fingerprint density at radius 1 is 0.647 bits per heavy atom. The highest BCUT2D eigenvalue weighted by molar-refractivity contribution is 6.17. The molecule has 0 radical (unpaired) electrons. The van der Waals surface area contributed by atoms with Gasteiger partial charge in [-0.3, -0.25) is 9.59 Å². The molecule has 1 atom stereocenters. The highest BCUT2D eigenvalue weighted by atomic mass is 16.5. The fraction of sp³-hybridized carbons (Fsp3) is 0.0968. The second kappa shape index (κ2) is 11.1. The van der Waals surface area contributed by atoms with E-state index in [-0.39, 0.29) is 11.6 Å². The van der Waals surface area contributed by atoms with E-state index >= 15 is 0 Å². The van der Waals surface area contributed by atoms with Crippen LogP contribution in [0.1, 0.15) is 37.8 Å². The topological polar surface area (TPSA) is 43.4 Å². The molecule has 0 bridgehead atoms. The summed E-state index contributed by atoms with van der Waals surface area (Å²) in [5.41, 5.74) is 2.90. The summed E-state index contributed by atoms with van der Waals surface area (Å²) >= 11 is 0. The lowest BCUT2D eigenvalue weighted by molar-refractivity contribution is 0.0795. The SMILES string of the molecule is COc1ccc(C(/C=C/c2ccccc2)C(C(=O)c2ccccc2)C(=O)c2ccccc2)cc1. The number of ketones is 2. The summed E-state index contributed by atoms with van der Waals surface area (Å²) in [5, 5.41) is 0. The maximum Gasteiger partial charge on any atom is 0.174 e. The Morgan fingerprint density at radius 2 is 1.12 bits per heavy atom. The Morgan fingerprint density at radius 3 is 1.59 bits per heavy atom. The largest absolute Gasteiger partial charge is 0.497 e. The van der Waals surface area contributed by atoms with Crippen molar-refractivity contribution in [1.29, 1.82) is 0 Å². The van der Waals surface area contributed by atoms with Gasteiger partial charge in [0.25, 0.3) is 0 Å². The monoisotopic (exact) mass is 446 g/mol. The molecule has 4 aromatic carbocycles.